The van der Waals surface area contributed by atoms with Gasteiger partial charge in [-0.05, 0) is 56.9 Å². The summed E-state index contributed by atoms with van der Waals surface area (Å²) >= 11 is 6.41. The van der Waals surface area contributed by atoms with E-state index in [0.717, 1.165) is 6.92 Å². The van der Waals surface area contributed by atoms with E-state index in [1.165, 1.54) is 6.92 Å². The molecule has 31 heavy (non-hydrogen) atoms. The highest BCUT2D eigenvalue weighted by Gasteiger charge is 2.59. The first-order valence-corrected chi connectivity index (χ1v) is 10.2. The lowest BCUT2D eigenvalue weighted by molar-refractivity contribution is -0.129. The van der Waals surface area contributed by atoms with E-state index >= 15 is 0 Å². The lowest BCUT2D eigenvalue weighted by atomic mass is 9.55. The van der Waals surface area contributed by atoms with E-state index in [1.54, 1.807) is 19.9 Å². The Kier molecular flexibility index (Phi) is 4.51. The van der Waals surface area contributed by atoms with Crippen LogP contribution in [0.2, 0.25) is 5.02 Å². The Labute approximate surface area is 183 Å². The predicted octanol–water partition coefficient (Wildman–Crippen LogP) is 3.19. The van der Waals surface area contributed by atoms with Crippen molar-refractivity contribution in [3.05, 3.63) is 44.7 Å². The number of nitrogens with two attached hydrogens (primary N) is 1. The number of aliphatic hydroxyl groups is 1. The van der Waals surface area contributed by atoms with Crippen LogP contribution >= 0.6 is 11.6 Å². The van der Waals surface area contributed by atoms with Crippen LogP contribution in [0.1, 0.15) is 40.9 Å². The SMILES string of the molecule is CC(=O)C1=C(O)[C@H](N)C2Cc3c(c(O)c4c(O)c(C)cc(Cl)c4c3C)C(=O)C2(C)C1=O. The minimum atomic E-state index is -1.75. The fourth-order valence-electron chi connectivity index (χ4n) is 5.15. The Morgan fingerprint density at radius 3 is 2.32 bits per heavy atom. The molecule has 0 amide bonds. The minimum absolute atomic E-state index is 0.0365. The summed E-state index contributed by atoms with van der Waals surface area (Å²) in [5, 5.41) is 32.9. The number of fused-ring (bicyclic) bond motifs is 3. The molecule has 162 valence electrons. The quantitative estimate of drug-likeness (QED) is 0.392. The molecule has 0 radical (unpaired) electrons. The summed E-state index contributed by atoms with van der Waals surface area (Å²) in [5.74, 6) is -4.23. The summed E-state index contributed by atoms with van der Waals surface area (Å²) in [6.07, 6.45) is 0.0972. The molecule has 2 aliphatic rings. The van der Waals surface area contributed by atoms with E-state index in [0.29, 0.717) is 27.1 Å². The van der Waals surface area contributed by atoms with E-state index in [9.17, 15) is 29.7 Å². The van der Waals surface area contributed by atoms with Gasteiger partial charge >= 0.3 is 0 Å². The summed E-state index contributed by atoms with van der Waals surface area (Å²) < 4.78 is 0. The van der Waals surface area contributed by atoms with Crippen LogP contribution in [0, 0.1) is 25.2 Å². The molecule has 2 aliphatic carbocycles. The highest BCUT2D eigenvalue weighted by Crippen LogP contribution is 2.53. The topological polar surface area (TPSA) is 138 Å². The molecule has 4 rings (SSSR count). The molecule has 2 aromatic carbocycles. The number of aliphatic hydroxyl groups excluding tert-OH is 1. The molecule has 0 spiro atoms. The Hall–Kier alpha value is -2.90. The zero-order chi connectivity index (χ0) is 23.2. The monoisotopic (exact) mass is 443 g/mol. The Bertz CT molecular complexity index is 1280. The van der Waals surface area contributed by atoms with Gasteiger partial charge in [-0.3, -0.25) is 14.4 Å². The standard InChI is InChI=1S/C23H22ClNO6/c1-7-5-12(24)13-8(2)10-6-11-17(25)20(29)14(9(3)26)21(30)23(11,4)22(31)15(10)19(28)16(13)18(7)27/h5,11,17,27-29H,6,25H2,1-4H3/t11?,17-,23?/m1/s1. The van der Waals surface area contributed by atoms with Gasteiger partial charge in [0.2, 0.25) is 0 Å². The Balaban J connectivity index is 2.10. The first-order chi connectivity index (χ1) is 14.3. The van der Waals surface area contributed by atoms with Crippen molar-refractivity contribution < 1.29 is 29.7 Å². The van der Waals surface area contributed by atoms with Crippen LogP contribution in [-0.4, -0.2) is 38.7 Å². The van der Waals surface area contributed by atoms with Crippen LogP contribution in [0.3, 0.4) is 0 Å². The molecular weight excluding hydrogens is 422 g/mol. The van der Waals surface area contributed by atoms with Crippen molar-refractivity contribution in [2.24, 2.45) is 17.1 Å². The van der Waals surface area contributed by atoms with E-state index in [-0.39, 0.29) is 23.1 Å². The van der Waals surface area contributed by atoms with Crippen molar-refractivity contribution in [2.45, 2.75) is 40.2 Å². The van der Waals surface area contributed by atoms with Crippen LogP contribution in [0.4, 0.5) is 0 Å². The summed E-state index contributed by atoms with van der Waals surface area (Å²) in [7, 11) is 0. The molecule has 2 aromatic rings. The lowest BCUT2D eigenvalue weighted by Gasteiger charge is -2.46. The highest BCUT2D eigenvalue weighted by molar-refractivity contribution is 6.37. The average Bonchev–Trinajstić information content (AvgIpc) is 2.68. The van der Waals surface area contributed by atoms with Gasteiger partial charge in [0.05, 0.1) is 22.4 Å². The van der Waals surface area contributed by atoms with Crippen molar-refractivity contribution >= 4 is 39.7 Å². The lowest BCUT2D eigenvalue weighted by Crippen LogP contribution is -2.59. The number of carbonyl (C=O) groups excluding carboxylic acids is 3. The molecule has 2 unspecified atom stereocenters. The molecule has 7 nitrogen and oxygen atoms in total. The van der Waals surface area contributed by atoms with Gasteiger partial charge in [0.1, 0.15) is 22.8 Å². The predicted molar refractivity (Wildman–Crippen MR) is 115 cm³/mol. The largest absolute Gasteiger partial charge is 0.510 e. The summed E-state index contributed by atoms with van der Waals surface area (Å²) in [6, 6.07) is 0.453. The van der Waals surface area contributed by atoms with Gasteiger partial charge in [0.25, 0.3) is 0 Å². The molecule has 0 saturated heterocycles. The third-order valence-corrected chi connectivity index (χ3v) is 7.26. The minimum Gasteiger partial charge on any atom is -0.510 e. The Morgan fingerprint density at radius 2 is 1.74 bits per heavy atom. The third kappa shape index (κ3) is 2.47. The number of Topliss-reactive ketones (excluding diaryl/α,β-unsaturated/α-hetero) is 3. The smallest absolute Gasteiger partial charge is 0.183 e. The molecule has 0 fully saturated rings. The van der Waals surface area contributed by atoms with E-state index < -0.39 is 51.8 Å². The molecule has 0 heterocycles. The first kappa shape index (κ1) is 21.3. The zero-order valence-corrected chi connectivity index (χ0v) is 18.2. The second-order valence-electron chi connectivity index (χ2n) is 8.61. The number of hydrogen-bond donors (Lipinski definition) is 4. The van der Waals surface area contributed by atoms with Gasteiger partial charge in [-0.2, -0.15) is 0 Å². The second-order valence-corrected chi connectivity index (χ2v) is 9.02. The Morgan fingerprint density at radius 1 is 1.13 bits per heavy atom. The fraction of sp³-hybridized carbons (Fsp3) is 0.348. The zero-order valence-electron chi connectivity index (χ0n) is 17.5. The van der Waals surface area contributed by atoms with Crippen molar-refractivity contribution in [1.29, 1.82) is 0 Å². The number of benzene rings is 2. The van der Waals surface area contributed by atoms with Gasteiger partial charge in [-0.25, -0.2) is 0 Å². The van der Waals surface area contributed by atoms with Crippen LogP contribution < -0.4 is 5.73 Å². The number of allylic oxidation sites excluding steroid dienone is 1. The molecule has 0 aliphatic heterocycles. The molecule has 0 aromatic heterocycles. The van der Waals surface area contributed by atoms with Crippen molar-refractivity contribution in [1.82, 2.24) is 0 Å². The number of phenolic OH excluding ortho intramolecular Hbond substituents is 2. The molecule has 8 heteroatoms. The van der Waals surface area contributed by atoms with E-state index in [2.05, 4.69) is 0 Å². The molecule has 3 atom stereocenters. The number of ketones is 3. The maximum atomic E-state index is 13.7. The molecule has 0 bridgehead atoms. The summed E-state index contributed by atoms with van der Waals surface area (Å²) in [5.41, 5.74) is 5.32. The van der Waals surface area contributed by atoms with Gasteiger partial charge < -0.3 is 21.1 Å². The van der Waals surface area contributed by atoms with Gasteiger partial charge in [-0.15, -0.1) is 0 Å². The maximum absolute atomic E-state index is 13.7. The normalized spacial score (nSPS) is 25.6. The van der Waals surface area contributed by atoms with Crippen LogP contribution in [-0.2, 0) is 16.0 Å². The average molecular weight is 444 g/mol. The number of halogens is 1. The second kappa shape index (κ2) is 6.55. The van der Waals surface area contributed by atoms with E-state index in [1.807, 2.05) is 0 Å². The first-order valence-electron chi connectivity index (χ1n) is 9.81. The molecule has 0 saturated carbocycles. The maximum Gasteiger partial charge on any atom is 0.183 e. The highest BCUT2D eigenvalue weighted by atomic mass is 35.5. The van der Waals surface area contributed by atoms with Crippen LogP contribution in [0.5, 0.6) is 11.5 Å². The van der Waals surface area contributed by atoms with Crippen molar-refractivity contribution in [3.8, 4) is 11.5 Å². The summed E-state index contributed by atoms with van der Waals surface area (Å²) in [4.78, 5) is 39.0. The number of phenols is 2. The number of aryl methyl sites for hydroxylation is 2. The number of rotatable bonds is 1. The van der Waals surface area contributed by atoms with Crippen LogP contribution in [0.25, 0.3) is 10.8 Å². The van der Waals surface area contributed by atoms with Gasteiger partial charge in [0, 0.05) is 16.3 Å². The number of hydrogen-bond acceptors (Lipinski definition) is 7. The van der Waals surface area contributed by atoms with Gasteiger partial charge in [-0.1, -0.05) is 11.6 Å². The van der Waals surface area contributed by atoms with Crippen molar-refractivity contribution in [2.75, 3.05) is 0 Å². The number of carbonyl (C=O) groups is 3. The third-order valence-electron chi connectivity index (χ3n) is 6.97. The molecule has 5 N–H and O–H groups in total. The van der Waals surface area contributed by atoms with Crippen LogP contribution in [0.15, 0.2) is 17.4 Å². The van der Waals surface area contributed by atoms with Gasteiger partial charge in [0.15, 0.2) is 17.3 Å². The van der Waals surface area contributed by atoms with Crippen molar-refractivity contribution in [3.63, 3.8) is 0 Å². The molecular formula is C23H22ClNO6. The summed E-state index contributed by atoms with van der Waals surface area (Å²) in [6.45, 7) is 5.84. The fourth-order valence-corrected chi connectivity index (χ4v) is 5.55. The number of aromatic hydroxyl groups is 2. The van der Waals surface area contributed by atoms with E-state index in [4.69, 9.17) is 17.3 Å².